The molecule has 1 aromatic rings. The number of benzene rings is 1. The molecule has 2 heterocycles. The van der Waals surface area contributed by atoms with E-state index >= 15 is 0 Å². The molecule has 7 heteroatoms. The van der Waals surface area contributed by atoms with Crippen molar-refractivity contribution in [3.8, 4) is 0 Å². The summed E-state index contributed by atoms with van der Waals surface area (Å²) in [5, 5.41) is 0. The first-order chi connectivity index (χ1) is 11.7. The molecule has 3 rings (SSSR count). The van der Waals surface area contributed by atoms with Crippen molar-refractivity contribution < 1.29 is 13.9 Å². The zero-order valence-corrected chi connectivity index (χ0v) is 13.9. The predicted octanol–water partition coefficient (Wildman–Crippen LogP) is 0.846. The summed E-state index contributed by atoms with van der Waals surface area (Å²) in [5.74, 6) is 0.309. The fourth-order valence-electron chi connectivity index (χ4n) is 3.11. The second-order valence-electron chi connectivity index (χ2n) is 6.02. The van der Waals surface area contributed by atoms with Crippen molar-refractivity contribution in [2.24, 2.45) is 10.7 Å². The van der Waals surface area contributed by atoms with Crippen LogP contribution in [-0.4, -0.2) is 74.9 Å². The van der Waals surface area contributed by atoms with Gasteiger partial charge in [-0.25, -0.2) is 4.39 Å². The van der Waals surface area contributed by atoms with E-state index in [0.29, 0.717) is 38.9 Å². The smallest absolute Gasteiger partial charge is 0.191 e. The van der Waals surface area contributed by atoms with Crippen molar-refractivity contribution in [3.05, 3.63) is 35.6 Å². The highest BCUT2D eigenvalue weighted by Gasteiger charge is 2.23. The molecule has 0 aromatic heterocycles. The quantitative estimate of drug-likeness (QED) is 0.652. The van der Waals surface area contributed by atoms with Gasteiger partial charge in [-0.05, 0) is 17.7 Å². The average Bonchev–Trinajstić information content (AvgIpc) is 2.63. The van der Waals surface area contributed by atoms with Gasteiger partial charge < -0.3 is 20.1 Å². The molecule has 1 aromatic carbocycles. The van der Waals surface area contributed by atoms with Gasteiger partial charge in [-0.1, -0.05) is 12.1 Å². The minimum atomic E-state index is -0.226. The van der Waals surface area contributed by atoms with Crippen LogP contribution in [0.15, 0.2) is 29.3 Å². The fraction of sp³-hybridized carbons (Fsp3) is 0.588. The molecule has 0 saturated carbocycles. The average molecular weight is 336 g/mol. The van der Waals surface area contributed by atoms with Crippen molar-refractivity contribution in [2.45, 2.75) is 6.04 Å². The number of hydrogen-bond donors (Lipinski definition) is 1. The number of nitrogens with zero attached hydrogens (tertiary/aromatic N) is 3. The van der Waals surface area contributed by atoms with Gasteiger partial charge in [0, 0.05) is 26.2 Å². The van der Waals surface area contributed by atoms with Gasteiger partial charge in [0.15, 0.2) is 5.96 Å². The summed E-state index contributed by atoms with van der Waals surface area (Å²) >= 11 is 0. The van der Waals surface area contributed by atoms with Crippen LogP contribution in [0.3, 0.4) is 0 Å². The van der Waals surface area contributed by atoms with Crippen LogP contribution in [0.1, 0.15) is 11.6 Å². The maximum Gasteiger partial charge on any atom is 0.191 e. The predicted molar refractivity (Wildman–Crippen MR) is 90.4 cm³/mol. The highest BCUT2D eigenvalue weighted by atomic mass is 19.1. The van der Waals surface area contributed by atoms with Crippen LogP contribution in [0.25, 0.3) is 0 Å². The maximum absolute atomic E-state index is 13.7. The number of nitrogens with two attached hydrogens (primary N) is 1. The number of hydrogen-bond acceptors (Lipinski definition) is 4. The lowest BCUT2D eigenvalue weighted by molar-refractivity contribution is 0.0178. The van der Waals surface area contributed by atoms with Gasteiger partial charge >= 0.3 is 0 Å². The van der Waals surface area contributed by atoms with E-state index in [-0.39, 0.29) is 11.9 Å². The Morgan fingerprint density at radius 3 is 2.46 bits per heavy atom. The summed E-state index contributed by atoms with van der Waals surface area (Å²) in [6, 6.07) is 6.74. The molecule has 0 bridgehead atoms. The number of rotatable bonds is 4. The first kappa shape index (κ1) is 17.1. The van der Waals surface area contributed by atoms with Crippen LogP contribution >= 0.6 is 0 Å². The minimum Gasteiger partial charge on any atom is -0.379 e. The third kappa shape index (κ3) is 4.43. The third-order valence-corrected chi connectivity index (χ3v) is 4.48. The van der Waals surface area contributed by atoms with E-state index < -0.39 is 0 Å². The topological polar surface area (TPSA) is 63.3 Å². The molecule has 2 N–H and O–H groups in total. The molecule has 2 fully saturated rings. The van der Waals surface area contributed by atoms with Crippen LogP contribution in [-0.2, 0) is 9.47 Å². The second kappa shape index (κ2) is 8.41. The van der Waals surface area contributed by atoms with Crippen LogP contribution in [0.4, 0.5) is 4.39 Å². The molecule has 0 amide bonds. The van der Waals surface area contributed by atoms with Gasteiger partial charge in [-0.3, -0.25) is 9.89 Å². The Bertz CT molecular complexity index is 557. The normalized spacial score (nSPS) is 21.7. The highest BCUT2D eigenvalue weighted by Crippen LogP contribution is 2.23. The Labute approximate surface area is 142 Å². The summed E-state index contributed by atoms with van der Waals surface area (Å²) in [4.78, 5) is 8.91. The van der Waals surface area contributed by atoms with Crippen LogP contribution < -0.4 is 5.73 Å². The Kier molecular flexibility index (Phi) is 6.01. The number of aliphatic imine (C=N–C) groups is 1. The molecular formula is C17H25FN4O2. The van der Waals surface area contributed by atoms with E-state index in [1.807, 2.05) is 11.0 Å². The van der Waals surface area contributed by atoms with Gasteiger partial charge in [0.1, 0.15) is 5.82 Å². The molecule has 0 spiro atoms. The number of halogens is 1. The molecular weight excluding hydrogens is 311 g/mol. The van der Waals surface area contributed by atoms with Crippen molar-refractivity contribution in [1.29, 1.82) is 0 Å². The summed E-state index contributed by atoms with van der Waals surface area (Å²) in [7, 11) is 0. The summed E-state index contributed by atoms with van der Waals surface area (Å²) in [5.41, 5.74) is 7.06. The molecule has 132 valence electrons. The van der Waals surface area contributed by atoms with E-state index in [9.17, 15) is 4.39 Å². The van der Waals surface area contributed by atoms with Gasteiger partial charge in [0.05, 0.1) is 39.0 Å². The molecule has 24 heavy (non-hydrogen) atoms. The molecule has 0 aliphatic carbocycles. The maximum atomic E-state index is 13.7. The molecule has 2 saturated heterocycles. The van der Waals surface area contributed by atoms with Gasteiger partial charge in [-0.15, -0.1) is 0 Å². The Morgan fingerprint density at radius 1 is 1.12 bits per heavy atom. The van der Waals surface area contributed by atoms with Gasteiger partial charge in [-0.2, -0.15) is 0 Å². The van der Waals surface area contributed by atoms with E-state index in [4.69, 9.17) is 15.2 Å². The number of guanidine groups is 1. The zero-order chi connectivity index (χ0) is 16.8. The summed E-state index contributed by atoms with van der Waals surface area (Å²) in [6.45, 7) is 6.38. The van der Waals surface area contributed by atoms with E-state index in [1.54, 1.807) is 12.1 Å². The minimum absolute atomic E-state index is 0.00388. The molecule has 6 nitrogen and oxygen atoms in total. The van der Waals surface area contributed by atoms with Crippen molar-refractivity contribution >= 4 is 5.96 Å². The van der Waals surface area contributed by atoms with Gasteiger partial charge in [0.2, 0.25) is 0 Å². The molecule has 1 atom stereocenters. The van der Waals surface area contributed by atoms with Crippen LogP contribution in [0.5, 0.6) is 0 Å². The largest absolute Gasteiger partial charge is 0.379 e. The fourth-order valence-corrected chi connectivity index (χ4v) is 3.11. The molecule has 0 radical (unpaired) electrons. The lowest BCUT2D eigenvalue weighted by Gasteiger charge is -2.34. The van der Waals surface area contributed by atoms with Crippen molar-refractivity contribution in [1.82, 2.24) is 9.80 Å². The Balaban J connectivity index is 1.73. The molecule has 1 unspecified atom stereocenters. The SMILES string of the molecule is NC(=NCC(c1cccc(F)c1)N1CCOCC1)N1CCOCC1. The van der Waals surface area contributed by atoms with Crippen LogP contribution in [0, 0.1) is 5.82 Å². The van der Waals surface area contributed by atoms with Crippen molar-refractivity contribution in [3.63, 3.8) is 0 Å². The number of morpholine rings is 2. The van der Waals surface area contributed by atoms with E-state index in [2.05, 4.69) is 9.89 Å². The monoisotopic (exact) mass is 336 g/mol. The second-order valence-corrected chi connectivity index (χ2v) is 6.02. The lowest BCUT2D eigenvalue weighted by atomic mass is 10.0. The zero-order valence-electron chi connectivity index (χ0n) is 13.9. The third-order valence-electron chi connectivity index (χ3n) is 4.48. The number of ether oxygens (including phenoxy) is 2. The van der Waals surface area contributed by atoms with E-state index in [0.717, 1.165) is 31.7 Å². The van der Waals surface area contributed by atoms with E-state index in [1.165, 1.54) is 6.07 Å². The first-order valence-electron chi connectivity index (χ1n) is 8.44. The van der Waals surface area contributed by atoms with Crippen molar-refractivity contribution in [2.75, 3.05) is 59.2 Å². The first-order valence-corrected chi connectivity index (χ1v) is 8.44. The Hall–Kier alpha value is -1.70. The highest BCUT2D eigenvalue weighted by molar-refractivity contribution is 5.78. The van der Waals surface area contributed by atoms with Crippen LogP contribution in [0.2, 0.25) is 0 Å². The molecule has 2 aliphatic rings. The lowest BCUT2D eigenvalue weighted by Crippen LogP contribution is -2.45. The Morgan fingerprint density at radius 2 is 1.79 bits per heavy atom. The van der Waals surface area contributed by atoms with Gasteiger partial charge in [0.25, 0.3) is 0 Å². The summed E-state index contributed by atoms with van der Waals surface area (Å²) in [6.07, 6.45) is 0. The summed E-state index contributed by atoms with van der Waals surface area (Å²) < 4.78 is 24.4. The standard InChI is InChI=1S/C17H25FN4O2/c18-15-3-1-2-14(12-15)16(21-4-8-23-9-5-21)13-20-17(19)22-6-10-24-11-7-22/h1-3,12,16H,4-11,13H2,(H2,19,20). The molecule has 2 aliphatic heterocycles.